The molecule has 0 unspecified atom stereocenters. The highest BCUT2D eigenvalue weighted by atomic mass is 14.1. The second-order valence-corrected chi connectivity index (χ2v) is 4.33. The number of benzene rings is 2. The molecule has 0 aliphatic carbocycles. The Morgan fingerprint density at radius 1 is 0.765 bits per heavy atom. The molecule has 17 heavy (non-hydrogen) atoms. The molecule has 0 spiro atoms. The summed E-state index contributed by atoms with van der Waals surface area (Å²) < 4.78 is 0. The molecule has 0 amide bonds. The van der Waals surface area contributed by atoms with Gasteiger partial charge in [0.05, 0.1) is 0 Å². The van der Waals surface area contributed by atoms with Crippen molar-refractivity contribution in [3.63, 3.8) is 0 Å². The van der Waals surface area contributed by atoms with E-state index in [9.17, 15) is 0 Å². The first-order chi connectivity index (χ1) is 8.00. The van der Waals surface area contributed by atoms with Gasteiger partial charge in [-0.2, -0.15) is 0 Å². The quantitative estimate of drug-likeness (QED) is 0.598. The summed E-state index contributed by atoms with van der Waals surface area (Å²) in [5.41, 5.74) is 6.01. The molecule has 0 saturated heterocycles. The fraction of sp³-hybridized carbons (Fsp3) is 0.143. The molecule has 3 heteroatoms. The van der Waals surface area contributed by atoms with E-state index in [0.717, 1.165) is 27.7 Å². The van der Waals surface area contributed by atoms with E-state index in [1.165, 1.54) is 0 Å². The standard InChI is InChI=1S/C14H11B3/c1-8-3-5-10(7-12(8)15)11-6-4-9(2)13(16)14(11)17/h3-7H,1-2H3. The van der Waals surface area contributed by atoms with Gasteiger partial charge in [0.1, 0.15) is 23.5 Å². The van der Waals surface area contributed by atoms with Crippen molar-refractivity contribution in [1.82, 2.24) is 0 Å². The molecule has 0 saturated carbocycles. The van der Waals surface area contributed by atoms with Crippen LogP contribution in [0.4, 0.5) is 0 Å². The van der Waals surface area contributed by atoms with Crippen LogP contribution < -0.4 is 16.4 Å². The fourth-order valence-electron chi connectivity index (χ4n) is 1.81. The van der Waals surface area contributed by atoms with E-state index in [-0.39, 0.29) is 0 Å². The van der Waals surface area contributed by atoms with Crippen LogP contribution in [0, 0.1) is 13.8 Å². The smallest absolute Gasteiger partial charge is 0.100 e. The van der Waals surface area contributed by atoms with Crippen molar-refractivity contribution >= 4 is 39.9 Å². The molecule has 2 aromatic rings. The molecule has 0 heterocycles. The van der Waals surface area contributed by atoms with Gasteiger partial charge in [0.25, 0.3) is 0 Å². The van der Waals surface area contributed by atoms with Crippen LogP contribution in [-0.2, 0) is 0 Å². The minimum absolute atomic E-state index is 0.619. The summed E-state index contributed by atoms with van der Waals surface area (Å²) in [6.07, 6.45) is 0. The van der Waals surface area contributed by atoms with Crippen molar-refractivity contribution in [2.75, 3.05) is 0 Å². The van der Waals surface area contributed by atoms with Gasteiger partial charge in [-0.15, -0.1) is 5.46 Å². The third-order valence-corrected chi connectivity index (χ3v) is 3.10. The highest BCUT2D eigenvalue weighted by molar-refractivity contribution is 6.51. The Kier molecular flexibility index (Phi) is 3.19. The van der Waals surface area contributed by atoms with Crippen molar-refractivity contribution in [3.8, 4) is 11.1 Å². The molecule has 0 aliphatic heterocycles. The summed E-state index contributed by atoms with van der Waals surface area (Å²) >= 11 is 0. The first-order valence-electron chi connectivity index (χ1n) is 5.51. The molecule has 0 N–H and O–H groups in total. The average Bonchev–Trinajstić information content (AvgIpc) is 2.30. The first-order valence-corrected chi connectivity index (χ1v) is 5.51. The van der Waals surface area contributed by atoms with E-state index in [2.05, 4.69) is 0 Å². The predicted molar refractivity (Wildman–Crippen MR) is 77.5 cm³/mol. The maximum Gasteiger partial charge on any atom is 0.114 e. The molecule has 0 fully saturated rings. The van der Waals surface area contributed by atoms with Crippen molar-refractivity contribution < 1.29 is 0 Å². The van der Waals surface area contributed by atoms with Gasteiger partial charge in [-0.3, -0.25) is 0 Å². The summed E-state index contributed by atoms with van der Waals surface area (Å²) in [5.74, 6) is 0. The van der Waals surface area contributed by atoms with Crippen LogP contribution in [0.15, 0.2) is 30.3 Å². The topological polar surface area (TPSA) is 0 Å². The summed E-state index contributed by atoms with van der Waals surface area (Å²) in [5, 5.41) is 0. The monoisotopic (exact) mass is 212 g/mol. The molecule has 2 rings (SSSR count). The number of hydrogen-bond acceptors (Lipinski definition) is 0. The predicted octanol–water partition coefficient (Wildman–Crippen LogP) is 0.352. The van der Waals surface area contributed by atoms with Crippen LogP contribution in [0.5, 0.6) is 0 Å². The number of rotatable bonds is 1. The Morgan fingerprint density at radius 2 is 1.41 bits per heavy atom. The van der Waals surface area contributed by atoms with E-state index in [4.69, 9.17) is 23.5 Å². The zero-order chi connectivity index (χ0) is 12.6. The lowest BCUT2D eigenvalue weighted by atomic mass is 9.73. The van der Waals surface area contributed by atoms with Crippen molar-refractivity contribution in [1.29, 1.82) is 0 Å². The Bertz CT molecular complexity index is 574. The lowest BCUT2D eigenvalue weighted by Gasteiger charge is -2.13. The lowest BCUT2D eigenvalue weighted by molar-refractivity contribution is 1.50. The number of hydrogen-bond donors (Lipinski definition) is 0. The maximum atomic E-state index is 6.04. The van der Waals surface area contributed by atoms with Crippen molar-refractivity contribution in [2.45, 2.75) is 13.8 Å². The van der Waals surface area contributed by atoms with Gasteiger partial charge < -0.3 is 0 Å². The van der Waals surface area contributed by atoms with E-state index in [0.29, 0.717) is 10.9 Å². The first kappa shape index (κ1) is 12.1. The molecule has 0 aliphatic rings. The van der Waals surface area contributed by atoms with Crippen molar-refractivity contribution in [2.24, 2.45) is 0 Å². The molecular formula is C14H11B3. The van der Waals surface area contributed by atoms with Crippen LogP contribution in [0.3, 0.4) is 0 Å². The molecular weight excluding hydrogens is 201 g/mol. The second kappa shape index (κ2) is 4.48. The summed E-state index contributed by atoms with van der Waals surface area (Å²) in [6.45, 7) is 3.92. The zero-order valence-corrected chi connectivity index (χ0v) is 10.1. The molecule has 0 bridgehead atoms. The van der Waals surface area contributed by atoms with Crippen LogP contribution in [0.2, 0.25) is 0 Å². The summed E-state index contributed by atoms with van der Waals surface area (Å²) in [7, 11) is 17.9. The maximum absolute atomic E-state index is 6.04. The van der Waals surface area contributed by atoms with E-state index in [1.54, 1.807) is 0 Å². The highest BCUT2D eigenvalue weighted by Crippen LogP contribution is 2.16. The minimum atomic E-state index is 0.619. The van der Waals surface area contributed by atoms with Gasteiger partial charge in [0.2, 0.25) is 0 Å². The second-order valence-electron chi connectivity index (χ2n) is 4.33. The third kappa shape index (κ3) is 2.19. The summed E-state index contributed by atoms with van der Waals surface area (Å²) in [4.78, 5) is 0. The normalized spacial score (nSPS) is 10.5. The lowest BCUT2D eigenvalue weighted by Crippen LogP contribution is -2.30. The van der Waals surface area contributed by atoms with Gasteiger partial charge in [-0.05, 0) is 25.0 Å². The van der Waals surface area contributed by atoms with Gasteiger partial charge >= 0.3 is 0 Å². The largest absolute Gasteiger partial charge is 0.114 e. The van der Waals surface area contributed by atoms with Gasteiger partial charge in [-0.25, -0.2) is 0 Å². The summed E-state index contributed by atoms with van der Waals surface area (Å²) in [6, 6.07) is 9.87. The average molecular weight is 212 g/mol. The van der Waals surface area contributed by atoms with E-state index in [1.807, 2.05) is 44.2 Å². The van der Waals surface area contributed by atoms with Gasteiger partial charge in [0.15, 0.2) is 0 Å². The van der Waals surface area contributed by atoms with Gasteiger partial charge in [-0.1, -0.05) is 52.4 Å². The zero-order valence-electron chi connectivity index (χ0n) is 10.1. The molecule has 76 valence electrons. The van der Waals surface area contributed by atoms with E-state index >= 15 is 0 Å². The third-order valence-electron chi connectivity index (χ3n) is 3.10. The Hall–Kier alpha value is -1.37. The van der Waals surface area contributed by atoms with Crippen LogP contribution in [0.25, 0.3) is 11.1 Å². The van der Waals surface area contributed by atoms with Crippen LogP contribution in [-0.4, -0.2) is 23.5 Å². The molecule has 0 aromatic heterocycles. The van der Waals surface area contributed by atoms with Gasteiger partial charge in [0, 0.05) is 0 Å². The molecule has 6 radical (unpaired) electrons. The SMILES string of the molecule is [B]c1cc(-c2ccc(C)c([B])c2[B])ccc1C. The fourth-order valence-corrected chi connectivity index (χ4v) is 1.81. The Balaban J connectivity index is 2.61. The Morgan fingerprint density at radius 3 is 2.06 bits per heavy atom. The van der Waals surface area contributed by atoms with Crippen LogP contribution in [0.1, 0.15) is 11.1 Å². The van der Waals surface area contributed by atoms with Crippen molar-refractivity contribution in [3.05, 3.63) is 41.5 Å². The molecule has 0 nitrogen and oxygen atoms in total. The van der Waals surface area contributed by atoms with E-state index < -0.39 is 0 Å². The minimum Gasteiger partial charge on any atom is -0.100 e. The number of aryl methyl sites for hydroxylation is 2. The highest BCUT2D eigenvalue weighted by Gasteiger charge is 2.05. The molecule has 0 atom stereocenters. The van der Waals surface area contributed by atoms with Crippen LogP contribution >= 0.6 is 0 Å². The molecule has 2 aromatic carbocycles. The Labute approximate surface area is 107 Å².